The van der Waals surface area contributed by atoms with Crippen molar-refractivity contribution in [3.63, 3.8) is 0 Å². The van der Waals surface area contributed by atoms with Crippen LogP contribution in [0.1, 0.15) is 28.6 Å². The van der Waals surface area contributed by atoms with E-state index in [0.29, 0.717) is 18.2 Å². The summed E-state index contributed by atoms with van der Waals surface area (Å²) in [6.07, 6.45) is 0.920. The molecule has 0 bridgehead atoms. The number of hydrogen-bond donors (Lipinski definition) is 1. The Morgan fingerprint density at radius 2 is 2.04 bits per heavy atom. The molecular weight excluding hydrogens is 328 g/mol. The number of sulfonamides is 1. The van der Waals surface area contributed by atoms with Gasteiger partial charge in [-0.25, -0.2) is 13.1 Å². The van der Waals surface area contributed by atoms with Crippen LogP contribution in [0.15, 0.2) is 39.8 Å². The van der Waals surface area contributed by atoms with Crippen molar-refractivity contribution in [1.29, 1.82) is 0 Å². The van der Waals surface area contributed by atoms with Crippen molar-refractivity contribution < 1.29 is 17.6 Å². The fourth-order valence-electron chi connectivity index (χ4n) is 3.03. The number of rotatable bonds is 3. The first-order valence-electron chi connectivity index (χ1n) is 7.77. The zero-order valence-electron chi connectivity index (χ0n) is 13.9. The highest BCUT2D eigenvalue weighted by Gasteiger charge is 2.30. The van der Waals surface area contributed by atoms with Gasteiger partial charge in [0.2, 0.25) is 5.09 Å². The van der Waals surface area contributed by atoms with Gasteiger partial charge in [0.05, 0.1) is 5.56 Å². The minimum absolute atomic E-state index is 0.243. The lowest BCUT2D eigenvalue weighted by Gasteiger charge is -2.33. The van der Waals surface area contributed by atoms with Gasteiger partial charge >= 0.3 is 0 Å². The van der Waals surface area contributed by atoms with E-state index in [9.17, 15) is 13.2 Å². The number of hydrogen-bond acceptors (Lipinski definition) is 4. The maximum Gasteiger partial charge on any atom is 0.273 e. The van der Waals surface area contributed by atoms with Crippen LogP contribution < -0.4 is 9.62 Å². The van der Waals surface area contributed by atoms with Gasteiger partial charge in [0.25, 0.3) is 15.9 Å². The third-order valence-corrected chi connectivity index (χ3v) is 5.52. The molecule has 2 aromatic rings. The van der Waals surface area contributed by atoms with Gasteiger partial charge in [0.15, 0.2) is 0 Å². The zero-order chi connectivity index (χ0) is 17.5. The SMILES string of the molecule is CNS(=O)(=O)c1cc(C(=O)N2C[C@H](C)Cc3ccccc32)c(C)o1. The molecule has 3 rings (SSSR count). The van der Waals surface area contributed by atoms with E-state index in [0.717, 1.165) is 17.7 Å². The summed E-state index contributed by atoms with van der Waals surface area (Å²) in [6, 6.07) is 9.09. The van der Waals surface area contributed by atoms with Gasteiger partial charge in [-0.1, -0.05) is 25.1 Å². The molecule has 1 aromatic carbocycles. The smallest absolute Gasteiger partial charge is 0.273 e. The summed E-state index contributed by atoms with van der Waals surface area (Å²) < 4.78 is 31.3. The Balaban J connectivity index is 2.02. The lowest BCUT2D eigenvalue weighted by atomic mass is 9.93. The summed E-state index contributed by atoms with van der Waals surface area (Å²) in [4.78, 5) is 14.7. The first-order valence-corrected chi connectivity index (χ1v) is 9.25. The highest BCUT2D eigenvalue weighted by Crippen LogP contribution is 2.31. The maximum atomic E-state index is 13.0. The van der Waals surface area contributed by atoms with Gasteiger partial charge < -0.3 is 9.32 Å². The molecule has 6 nitrogen and oxygen atoms in total. The Hall–Kier alpha value is -2.12. The largest absolute Gasteiger partial charge is 0.448 e. The number of amides is 1. The van der Waals surface area contributed by atoms with Crippen molar-refractivity contribution in [2.45, 2.75) is 25.4 Å². The van der Waals surface area contributed by atoms with Gasteiger partial charge in [0.1, 0.15) is 5.76 Å². The molecule has 1 aromatic heterocycles. The van der Waals surface area contributed by atoms with E-state index in [4.69, 9.17) is 4.42 Å². The third-order valence-electron chi connectivity index (χ3n) is 4.25. The fraction of sp³-hybridized carbons (Fsp3) is 0.353. The van der Waals surface area contributed by atoms with Crippen molar-refractivity contribution in [3.05, 3.63) is 47.2 Å². The number of carbonyl (C=O) groups excluding carboxylic acids is 1. The lowest BCUT2D eigenvalue weighted by Crippen LogP contribution is -2.39. The molecule has 0 radical (unpaired) electrons. The van der Waals surface area contributed by atoms with Crippen LogP contribution in [0, 0.1) is 12.8 Å². The minimum Gasteiger partial charge on any atom is -0.448 e. The second-order valence-corrected chi connectivity index (χ2v) is 7.91. The summed E-state index contributed by atoms with van der Waals surface area (Å²) in [5.41, 5.74) is 2.26. The van der Waals surface area contributed by atoms with Crippen molar-refractivity contribution in [3.8, 4) is 0 Å². The van der Waals surface area contributed by atoms with Gasteiger partial charge in [-0.2, -0.15) is 0 Å². The van der Waals surface area contributed by atoms with Gasteiger partial charge in [-0.3, -0.25) is 4.79 Å². The predicted molar refractivity (Wildman–Crippen MR) is 90.7 cm³/mol. The van der Waals surface area contributed by atoms with Crippen LogP contribution in [0.3, 0.4) is 0 Å². The quantitative estimate of drug-likeness (QED) is 0.923. The van der Waals surface area contributed by atoms with Gasteiger partial charge in [-0.15, -0.1) is 0 Å². The molecule has 0 fully saturated rings. The lowest BCUT2D eigenvalue weighted by molar-refractivity contribution is 0.0979. The molecule has 1 aliphatic heterocycles. The minimum atomic E-state index is -3.72. The summed E-state index contributed by atoms with van der Waals surface area (Å²) in [5, 5.41) is -0.246. The molecule has 1 N–H and O–H groups in total. The van der Waals surface area contributed by atoms with E-state index in [1.54, 1.807) is 11.8 Å². The second-order valence-electron chi connectivity index (χ2n) is 6.10. The Labute approximate surface area is 141 Å². The topological polar surface area (TPSA) is 79.6 Å². The standard InChI is InChI=1S/C17H20N2O4S/c1-11-8-13-6-4-5-7-15(13)19(10-11)17(20)14-9-16(23-12(14)2)24(21,22)18-3/h4-7,9,11,18H,8,10H2,1-3H3/t11-/m1/s1. The van der Waals surface area contributed by atoms with Crippen LogP contribution in [0.4, 0.5) is 5.69 Å². The van der Waals surface area contributed by atoms with Crippen molar-refractivity contribution in [1.82, 2.24) is 4.72 Å². The van der Waals surface area contributed by atoms with E-state index in [2.05, 4.69) is 11.6 Å². The van der Waals surface area contributed by atoms with E-state index < -0.39 is 10.0 Å². The Kier molecular flexibility index (Phi) is 4.23. The maximum absolute atomic E-state index is 13.0. The average molecular weight is 348 g/mol. The fourth-order valence-corrected chi connectivity index (χ4v) is 3.74. The van der Waals surface area contributed by atoms with E-state index in [-0.39, 0.29) is 16.6 Å². The Bertz CT molecular complexity index is 886. The van der Waals surface area contributed by atoms with Crippen LogP contribution in [0.2, 0.25) is 0 Å². The molecule has 1 amide bonds. The summed E-state index contributed by atoms with van der Waals surface area (Å²) in [6.45, 7) is 4.28. The number of aryl methyl sites for hydroxylation is 1. The van der Waals surface area contributed by atoms with Crippen LogP contribution in [-0.4, -0.2) is 27.9 Å². The molecule has 24 heavy (non-hydrogen) atoms. The molecule has 1 atom stereocenters. The molecule has 0 unspecified atom stereocenters. The summed E-state index contributed by atoms with van der Waals surface area (Å²) >= 11 is 0. The van der Waals surface area contributed by atoms with Crippen molar-refractivity contribution in [2.24, 2.45) is 5.92 Å². The molecule has 0 aliphatic carbocycles. The number of carbonyl (C=O) groups is 1. The van der Waals surface area contributed by atoms with Crippen LogP contribution in [0.25, 0.3) is 0 Å². The first kappa shape index (κ1) is 16.7. The molecule has 7 heteroatoms. The predicted octanol–water partition coefficient (Wildman–Crippen LogP) is 2.34. The Morgan fingerprint density at radius 3 is 2.75 bits per heavy atom. The molecular formula is C17H20N2O4S. The first-order chi connectivity index (χ1) is 11.3. The van der Waals surface area contributed by atoms with Crippen LogP contribution >= 0.6 is 0 Å². The summed E-state index contributed by atoms with van der Waals surface area (Å²) in [7, 11) is -2.42. The molecule has 0 saturated carbocycles. The number of para-hydroxylation sites is 1. The second kappa shape index (κ2) is 6.07. The molecule has 128 valence electrons. The van der Waals surface area contributed by atoms with Crippen molar-refractivity contribution in [2.75, 3.05) is 18.5 Å². The summed E-state index contributed by atoms with van der Waals surface area (Å²) in [5.74, 6) is 0.383. The van der Waals surface area contributed by atoms with Crippen LogP contribution in [0.5, 0.6) is 0 Å². The number of nitrogens with zero attached hydrogens (tertiary/aromatic N) is 1. The van der Waals surface area contributed by atoms with Crippen LogP contribution in [-0.2, 0) is 16.4 Å². The molecule has 2 heterocycles. The number of nitrogens with one attached hydrogen (secondary N) is 1. The average Bonchev–Trinajstić information content (AvgIpc) is 2.96. The zero-order valence-corrected chi connectivity index (χ0v) is 14.7. The third kappa shape index (κ3) is 2.85. The number of fused-ring (bicyclic) bond motifs is 1. The monoisotopic (exact) mass is 348 g/mol. The molecule has 0 saturated heterocycles. The highest BCUT2D eigenvalue weighted by molar-refractivity contribution is 7.89. The highest BCUT2D eigenvalue weighted by atomic mass is 32.2. The molecule has 0 spiro atoms. The number of anilines is 1. The number of furan rings is 1. The van der Waals surface area contributed by atoms with E-state index >= 15 is 0 Å². The van der Waals surface area contributed by atoms with E-state index in [1.807, 2.05) is 24.3 Å². The molecule has 1 aliphatic rings. The normalized spacial score (nSPS) is 17.6. The van der Waals surface area contributed by atoms with Gasteiger partial charge in [0, 0.05) is 18.3 Å². The van der Waals surface area contributed by atoms with Crippen molar-refractivity contribution >= 4 is 21.6 Å². The van der Waals surface area contributed by atoms with Gasteiger partial charge in [-0.05, 0) is 37.9 Å². The number of benzene rings is 1. The Morgan fingerprint density at radius 1 is 1.33 bits per heavy atom. The van der Waals surface area contributed by atoms with E-state index in [1.165, 1.54) is 13.1 Å².